The highest BCUT2D eigenvalue weighted by Crippen LogP contribution is 2.12. The zero-order valence-corrected chi connectivity index (χ0v) is 17.7. The molecule has 1 aromatic carbocycles. The molecule has 1 aliphatic heterocycles. The summed E-state index contributed by atoms with van der Waals surface area (Å²) < 4.78 is 8.20. The number of carbonyl (C=O) groups is 2. The van der Waals surface area contributed by atoms with Crippen molar-refractivity contribution < 1.29 is 19.2 Å². The number of nitrogens with two attached hydrogens (primary N) is 2. The van der Waals surface area contributed by atoms with Crippen LogP contribution in [0.5, 0.6) is 5.75 Å². The molecule has 11 nitrogen and oxygen atoms in total. The molecule has 0 unspecified atom stereocenters. The largest absolute Gasteiger partial charge is 0.491 e. The Hall–Kier alpha value is -2.87. The fraction of sp³-hybridized carbons (Fsp3) is 0.294. The van der Waals surface area contributed by atoms with Gasteiger partial charge in [-0.1, -0.05) is 12.2 Å². The number of nitrogens with one attached hydrogen (secondary N) is 5. The first kappa shape index (κ1) is 23.4. The second kappa shape index (κ2) is 11.3. The number of carbonyl (C=O) groups excluding carboxylic acids is 2. The van der Waals surface area contributed by atoms with E-state index in [1.807, 2.05) is 0 Å². The molecule has 0 bridgehead atoms. The number of nitrogen functional groups attached to an aromatic ring is 1. The zero-order valence-electron chi connectivity index (χ0n) is 16.1. The Morgan fingerprint density at radius 2 is 2.07 bits per heavy atom. The third kappa shape index (κ3) is 6.32. The Morgan fingerprint density at radius 3 is 2.60 bits per heavy atom. The molecule has 0 radical (unpaired) electrons. The van der Waals surface area contributed by atoms with Gasteiger partial charge in [-0.15, -0.1) is 0 Å². The summed E-state index contributed by atoms with van der Waals surface area (Å²) in [5.74, 6) is -0.313. The van der Waals surface area contributed by atoms with E-state index < -0.39 is 11.9 Å². The van der Waals surface area contributed by atoms with E-state index in [2.05, 4.69) is 20.8 Å². The summed E-state index contributed by atoms with van der Waals surface area (Å²) in [7, 11) is 0. The minimum Gasteiger partial charge on any atom is -0.491 e. The quantitative estimate of drug-likeness (QED) is 0.0310. The van der Waals surface area contributed by atoms with Crippen molar-refractivity contribution in [1.82, 2.24) is 20.8 Å². The smallest absolute Gasteiger partial charge is 0.272 e. The predicted molar refractivity (Wildman–Crippen MR) is 117 cm³/mol. The number of thiocarbonyl (C=S) groups is 1. The number of β-lactam (4-membered cyclic amide) rings is 1. The van der Waals surface area contributed by atoms with Crippen molar-refractivity contribution in [2.45, 2.75) is 19.0 Å². The third-order valence-corrected chi connectivity index (χ3v) is 4.59. The molecular formula is C17H23N7O4S2. The van der Waals surface area contributed by atoms with E-state index >= 15 is 0 Å². The van der Waals surface area contributed by atoms with Crippen LogP contribution in [0.2, 0.25) is 0 Å². The van der Waals surface area contributed by atoms with Gasteiger partial charge in [0.1, 0.15) is 30.8 Å². The van der Waals surface area contributed by atoms with Crippen LogP contribution >= 0.6 is 24.4 Å². The number of benzene rings is 1. The van der Waals surface area contributed by atoms with Gasteiger partial charge in [0.25, 0.3) is 5.91 Å². The summed E-state index contributed by atoms with van der Waals surface area (Å²) in [5, 5.41) is 19.2. The number of allylic oxidation sites excluding steroid dienone is 1. The van der Waals surface area contributed by atoms with E-state index in [-0.39, 0.29) is 42.4 Å². The van der Waals surface area contributed by atoms with Crippen LogP contribution < -0.4 is 36.4 Å². The van der Waals surface area contributed by atoms with E-state index in [4.69, 9.17) is 38.1 Å². The number of ether oxygens (including phenoxy) is 1. The molecule has 162 valence electrons. The normalized spacial score (nSPS) is 18.3. The minimum atomic E-state index is -0.646. The first-order chi connectivity index (χ1) is 14.4. The number of hydrogen-bond acceptors (Lipinski definition) is 10. The molecule has 1 aliphatic rings. The van der Waals surface area contributed by atoms with Crippen molar-refractivity contribution in [3.8, 4) is 5.75 Å². The maximum Gasteiger partial charge on any atom is 0.272 e. The van der Waals surface area contributed by atoms with E-state index in [1.54, 1.807) is 31.2 Å². The molecule has 2 amide bonds. The molecule has 2 rings (SSSR count). The van der Waals surface area contributed by atoms with Crippen LogP contribution in [0.4, 0.5) is 0 Å². The van der Waals surface area contributed by atoms with Crippen LogP contribution in [0.15, 0.2) is 35.7 Å². The predicted octanol–water partition coefficient (Wildman–Crippen LogP) is -0.803. The molecule has 1 fully saturated rings. The Morgan fingerprint density at radius 1 is 1.37 bits per heavy atom. The molecule has 0 spiro atoms. The average molecular weight is 454 g/mol. The van der Waals surface area contributed by atoms with Gasteiger partial charge in [-0.3, -0.25) is 30.5 Å². The molecule has 0 saturated carbocycles. The van der Waals surface area contributed by atoms with Gasteiger partial charge in [0.05, 0.1) is 11.7 Å². The summed E-state index contributed by atoms with van der Waals surface area (Å²) in [6.07, 6.45) is 0. The Balaban J connectivity index is 1.89. The first-order valence-corrected chi connectivity index (χ1v) is 10.1. The van der Waals surface area contributed by atoms with Crippen molar-refractivity contribution in [2.75, 3.05) is 13.2 Å². The van der Waals surface area contributed by atoms with Crippen molar-refractivity contribution in [3.05, 3.63) is 41.2 Å². The number of rotatable bonds is 12. The number of hydrogen-bond donors (Lipinski definition) is 7. The lowest BCUT2D eigenvalue weighted by Crippen LogP contribution is -2.68. The number of amidine groups is 1. The lowest BCUT2D eigenvalue weighted by Gasteiger charge is -2.34. The Bertz CT molecular complexity index is 832. The maximum absolute atomic E-state index is 12.6. The molecule has 30 heavy (non-hydrogen) atoms. The lowest BCUT2D eigenvalue weighted by molar-refractivity contribution is -0.135. The van der Waals surface area contributed by atoms with Gasteiger partial charge in [-0.2, -0.15) is 0 Å². The molecule has 1 heterocycles. The molecule has 13 heteroatoms. The van der Waals surface area contributed by atoms with Crippen molar-refractivity contribution in [2.24, 2.45) is 10.9 Å². The van der Waals surface area contributed by atoms with E-state index in [0.717, 1.165) is 12.1 Å². The SMILES string of the molecule is C[C@H]1NC(=O)[C@H]1NC(=O)/C(NOCCOc1ccc(C(=N)N)cc1)=C(\C=S)NSN. The molecule has 9 N–H and O–H groups in total. The highest BCUT2D eigenvalue weighted by Gasteiger charge is 2.37. The van der Waals surface area contributed by atoms with Gasteiger partial charge in [0.2, 0.25) is 5.91 Å². The van der Waals surface area contributed by atoms with Gasteiger partial charge in [-0.05, 0) is 31.2 Å². The van der Waals surface area contributed by atoms with Gasteiger partial charge < -0.3 is 25.8 Å². The van der Waals surface area contributed by atoms with Gasteiger partial charge in [0, 0.05) is 23.1 Å². The monoisotopic (exact) mass is 453 g/mol. The summed E-state index contributed by atoms with van der Waals surface area (Å²) in [4.78, 5) is 29.4. The lowest BCUT2D eigenvalue weighted by atomic mass is 10.0. The van der Waals surface area contributed by atoms with E-state index in [1.165, 1.54) is 5.37 Å². The number of amides is 2. The van der Waals surface area contributed by atoms with Crippen molar-refractivity contribution in [1.29, 1.82) is 5.41 Å². The maximum atomic E-state index is 12.6. The van der Waals surface area contributed by atoms with Gasteiger partial charge >= 0.3 is 0 Å². The van der Waals surface area contributed by atoms with Crippen LogP contribution in [0.1, 0.15) is 12.5 Å². The zero-order chi connectivity index (χ0) is 22.1. The van der Waals surface area contributed by atoms with Crippen LogP contribution in [0, 0.1) is 5.41 Å². The van der Waals surface area contributed by atoms with E-state index in [0.29, 0.717) is 11.3 Å². The highest BCUT2D eigenvalue weighted by atomic mass is 32.2. The summed E-state index contributed by atoms with van der Waals surface area (Å²) in [6, 6.07) is 5.87. The third-order valence-electron chi connectivity index (χ3n) is 4.02. The van der Waals surface area contributed by atoms with E-state index in [9.17, 15) is 9.59 Å². The Labute approximate surface area is 183 Å². The molecular weight excluding hydrogens is 430 g/mol. The standard InChI is InChI=1S/C17H23N7O4S2/c1-9-13(16(25)21-9)22-17(26)14(12(8-29)24-30-20)23-28-7-6-27-11-4-2-10(3-5-11)15(18)19/h2-5,8-9,13,23-24H,6-7,20H2,1H3,(H3,18,19)(H,21,25)(H,22,26)/b14-12-/t9-,13+/m1/s1. The van der Waals surface area contributed by atoms with Crippen LogP contribution in [-0.4, -0.2) is 48.3 Å². The number of hydroxylamine groups is 1. The average Bonchev–Trinajstić information content (AvgIpc) is 2.73. The van der Waals surface area contributed by atoms with Crippen LogP contribution in [0.3, 0.4) is 0 Å². The van der Waals surface area contributed by atoms with Gasteiger partial charge in [-0.25, -0.2) is 0 Å². The fourth-order valence-electron chi connectivity index (χ4n) is 2.41. The van der Waals surface area contributed by atoms with Gasteiger partial charge in [0.15, 0.2) is 5.70 Å². The molecule has 0 aliphatic carbocycles. The van der Waals surface area contributed by atoms with Crippen LogP contribution in [-0.2, 0) is 14.4 Å². The minimum absolute atomic E-state index is 0.0272. The summed E-state index contributed by atoms with van der Waals surface area (Å²) in [6.45, 7) is 2.04. The summed E-state index contributed by atoms with van der Waals surface area (Å²) in [5.41, 5.74) is 8.71. The second-order valence-electron chi connectivity index (χ2n) is 6.11. The fourth-order valence-corrected chi connectivity index (χ4v) is 2.95. The highest BCUT2D eigenvalue weighted by molar-refractivity contribution is 7.95. The molecule has 2 atom stereocenters. The first-order valence-electron chi connectivity index (χ1n) is 8.74. The topological polar surface area (TPSA) is 177 Å². The molecule has 1 saturated heterocycles. The molecule has 0 aromatic heterocycles. The van der Waals surface area contributed by atoms with Crippen molar-refractivity contribution >= 4 is 47.4 Å². The Kier molecular flexibility index (Phi) is 8.86. The van der Waals surface area contributed by atoms with Crippen LogP contribution in [0.25, 0.3) is 0 Å². The van der Waals surface area contributed by atoms with Crippen molar-refractivity contribution in [3.63, 3.8) is 0 Å². The molecule has 1 aromatic rings. The second-order valence-corrected chi connectivity index (χ2v) is 6.79. The summed E-state index contributed by atoms with van der Waals surface area (Å²) >= 11 is 5.67.